The summed E-state index contributed by atoms with van der Waals surface area (Å²) < 4.78 is 13.3. The monoisotopic (exact) mass is 577 g/mol. The van der Waals surface area contributed by atoms with Gasteiger partial charge in [-0.2, -0.15) is 0 Å². The number of nitrogens with two attached hydrogens (primary N) is 1. The number of hydrogen-bond donors (Lipinski definition) is 2. The smallest absolute Gasteiger partial charge is 0.274 e. The number of nitrogens with one attached hydrogen (secondary N) is 1. The lowest BCUT2D eigenvalue weighted by Gasteiger charge is -2.36. The Balaban J connectivity index is 1.65. The number of ether oxygens (including phenoxy) is 1. The third kappa shape index (κ3) is 6.75. The second-order valence-corrected chi connectivity index (χ2v) is 16.6. The number of rotatable bonds is 8. The van der Waals surface area contributed by atoms with Crippen LogP contribution in [-0.2, 0) is 22.8 Å². The Labute approximate surface area is 241 Å². The number of aryl methyl sites for hydroxylation is 1. The maximum Gasteiger partial charge on any atom is 0.274 e. The number of carbonyl (C=O) groups excluding carboxylic acids is 2. The first-order valence-corrected chi connectivity index (χ1v) is 16.6. The molecule has 218 valence electrons. The first-order chi connectivity index (χ1) is 19.3. The van der Waals surface area contributed by atoms with E-state index in [1.165, 1.54) is 10.8 Å². The van der Waals surface area contributed by atoms with Gasteiger partial charge in [0.1, 0.15) is 11.5 Å². The van der Waals surface area contributed by atoms with Gasteiger partial charge in [0.15, 0.2) is 8.32 Å². The number of primary amides is 1. The lowest BCUT2D eigenvalue weighted by Crippen LogP contribution is -2.40. The average molecular weight is 578 g/mol. The van der Waals surface area contributed by atoms with Crippen molar-refractivity contribution in [3.63, 3.8) is 0 Å². The lowest BCUT2D eigenvalue weighted by atomic mass is 9.96. The van der Waals surface area contributed by atoms with Crippen molar-refractivity contribution in [2.45, 2.75) is 45.5 Å². The molecule has 1 saturated heterocycles. The highest BCUT2D eigenvalue weighted by molar-refractivity contribution is 6.74. The van der Waals surface area contributed by atoms with Gasteiger partial charge in [0, 0.05) is 43.7 Å². The third-order valence-electron chi connectivity index (χ3n) is 7.89. The van der Waals surface area contributed by atoms with Gasteiger partial charge in [-0.05, 0) is 53.5 Å². The predicted octanol–water partition coefficient (Wildman–Crippen LogP) is 4.28. The van der Waals surface area contributed by atoms with Gasteiger partial charge in [-0.25, -0.2) is 4.98 Å². The molecule has 0 unspecified atom stereocenters. The molecule has 0 aliphatic carbocycles. The van der Waals surface area contributed by atoms with Crippen molar-refractivity contribution >= 4 is 31.6 Å². The minimum absolute atomic E-state index is 0.0160. The van der Waals surface area contributed by atoms with Gasteiger partial charge >= 0.3 is 0 Å². The number of anilines is 2. The highest BCUT2D eigenvalue weighted by Gasteiger charge is 2.37. The van der Waals surface area contributed by atoms with Gasteiger partial charge in [0.05, 0.1) is 25.4 Å². The molecule has 3 heterocycles. The Morgan fingerprint density at radius 3 is 2.46 bits per heavy atom. The number of nitrogens with zero attached hydrogens (tertiary/aromatic N) is 3. The number of carbonyl (C=O) groups is 2. The number of morpholine rings is 1. The molecular formula is C30H39N5O5Si. The summed E-state index contributed by atoms with van der Waals surface area (Å²) in [6.07, 6.45) is 3.22. The Morgan fingerprint density at radius 2 is 1.85 bits per heavy atom. The van der Waals surface area contributed by atoms with Crippen LogP contribution in [0.15, 0.2) is 53.6 Å². The van der Waals surface area contributed by atoms with E-state index in [0.717, 1.165) is 5.56 Å². The summed E-state index contributed by atoms with van der Waals surface area (Å²) in [5.74, 6) is -0.225. The van der Waals surface area contributed by atoms with Crippen molar-refractivity contribution < 1.29 is 18.8 Å². The van der Waals surface area contributed by atoms with E-state index in [0.29, 0.717) is 60.1 Å². The molecule has 2 amide bonds. The molecule has 4 rings (SSSR count). The zero-order chi connectivity index (χ0) is 29.9. The topological polar surface area (TPSA) is 129 Å². The maximum atomic E-state index is 13.1. The molecule has 0 atom stereocenters. The first-order valence-electron chi connectivity index (χ1n) is 13.7. The van der Waals surface area contributed by atoms with Crippen LogP contribution < -0.4 is 16.6 Å². The van der Waals surface area contributed by atoms with E-state index >= 15 is 0 Å². The highest BCUT2D eigenvalue weighted by Crippen LogP contribution is 2.38. The molecule has 3 aromatic rings. The average Bonchev–Trinajstić information content (AvgIpc) is 2.94. The summed E-state index contributed by atoms with van der Waals surface area (Å²) in [5, 5.41) is 3.08. The normalized spacial score (nSPS) is 14.1. The molecule has 11 heteroatoms. The van der Waals surface area contributed by atoms with Crippen LogP contribution in [0.1, 0.15) is 47.1 Å². The zero-order valence-corrected chi connectivity index (χ0v) is 25.6. The second kappa shape index (κ2) is 12.0. The van der Waals surface area contributed by atoms with Crippen LogP contribution in [0.5, 0.6) is 0 Å². The fourth-order valence-electron chi connectivity index (χ4n) is 4.34. The molecular weight excluding hydrogens is 538 g/mol. The minimum atomic E-state index is -2.14. The van der Waals surface area contributed by atoms with Crippen LogP contribution in [-0.4, -0.2) is 60.9 Å². The number of benzene rings is 1. The maximum absolute atomic E-state index is 13.1. The molecule has 1 aromatic carbocycles. The SMILES string of the molecule is Cn1cc(-c2cccc(C(N)=O)c2CO[Si](C)(C)C(C)(C)C)cc(Nc2ccc(C(=O)N3CCOCC3)cn2)c1=O. The van der Waals surface area contributed by atoms with Crippen molar-refractivity contribution in [1.82, 2.24) is 14.5 Å². The molecule has 41 heavy (non-hydrogen) atoms. The van der Waals surface area contributed by atoms with Crippen molar-refractivity contribution in [3.05, 3.63) is 75.8 Å². The fourth-order valence-corrected chi connectivity index (χ4v) is 5.28. The second-order valence-electron chi connectivity index (χ2n) is 11.8. The number of hydrogen-bond acceptors (Lipinski definition) is 7. The highest BCUT2D eigenvalue weighted by atomic mass is 28.4. The Hall–Kier alpha value is -3.80. The summed E-state index contributed by atoms with van der Waals surface area (Å²) in [6, 6.07) is 10.5. The number of pyridine rings is 2. The van der Waals surface area contributed by atoms with E-state index in [1.54, 1.807) is 48.5 Å². The largest absolute Gasteiger partial charge is 0.413 e. The number of amides is 2. The molecule has 0 bridgehead atoms. The lowest BCUT2D eigenvalue weighted by molar-refractivity contribution is 0.0302. The van der Waals surface area contributed by atoms with E-state index in [-0.39, 0.29) is 23.1 Å². The molecule has 10 nitrogen and oxygen atoms in total. The van der Waals surface area contributed by atoms with E-state index in [4.69, 9.17) is 14.9 Å². The van der Waals surface area contributed by atoms with Gasteiger partial charge in [0.25, 0.3) is 11.5 Å². The van der Waals surface area contributed by atoms with Crippen LogP contribution >= 0.6 is 0 Å². The fraction of sp³-hybridized carbons (Fsp3) is 0.400. The van der Waals surface area contributed by atoms with Gasteiger partial charge in [-0.15, -0.1) is 0 Å². The van der Waals surface area contributed by atoms with Crippen LogP contribution in [0, 0.1) is 0 Å². The van der Waals surface area contributed by atoms with Gasteiger partial charge in [-0.3, -0.25) is 14.4 Å². The minimum Gasteiger partial charge on any atom is -0.413 e. The molecule has 1 aliphatic heterocycles. The number of aromatic nitrogens is 2. The molecule has 0 radical (unpaired) electrons. The molecule has 0 saturated carbocycles. The Bertz CT molecular complexity index is 1490. The summed E-state index contributed by atoms with van der Waals surface area (Å²) in [6.45, 7) is 13.1. The van der Waals surface area contributed by atoms with Crippen molar-refractivity contribution in [3.8, 4) is 11.1 Å². The van der Waals surface area contributed by atoms with Gasteiger partial charge in [-0.1, -0.05) is 32.9 Å². The molecule has 1 fully saturated rings. The van der Waals surface area contributed by atoms with E-state index < -0.39 is 14.2 Å². The summed E-state index contributed by atoms with van der Waals surface area (Å²) in [7, 11) is -0.471. The summed E-state index contributed by atoms with van der Waals surface area (Å²) in [4.78, 5) is 44.4. The van der Waals surface area contributed by atoms with Crippen molar-refractivity contribution in [1.29, 1.82) is 0 Å². The quantitative estimate of drug-likeness (QED) is 0.382. The van der Waals surface area contributed by atoms with Crippen LogP contribution in [0.25, 0.3) is 11.1 Å². The van der Waals surface area contributed by atoms with Gasteiger partial charge < -0.3 is 29.7 Å². The van der Waals surface area contributed by atoms with E-state index in [2.05, 4.69) is 44.2 Å². The molecule has 1 aliphatic rings. The van der Waals surface area contributed by atoms with E-state index in [9.17, 15) is 14.4 Å². The van der Waals surface area contributed by atoms with Crippen LogP contribution in [0.3, 0.4) is 0 Å². The zero-order valence-electron chi connectivity index (χ0n) is 24.6. The molecule has 2 aromatic heterocycles. The summed E-state index contributed by atoms with van der Waals surface area (Å²) >= 11 is 0. The first kappa shape index (κ1) is 30.2. The standard InChI is InChI=1S/C30H39N5O5Si/c1-30(2,3)41(5,6)40-19-24-22(8-7-9-23(24)27(31)36)21-16-25(29(38)34(4)18-21)33-26-11-10-20(17-32-26)28(37)35-12-14-39-15-13-35/h7-11,16-18H,12-15,19H2,1-6H3,(H2,31,36)(H,32,33). The van der Waals surface area contributed by atoms with Crippen LogP contribution in [0.4, 0.5) is 11.5 Å². The van der Waals surface area contributed by atoms with E-state index in [1.807, 2.05) is 6.07 Å². The Morgan fingerprint density at radius 1 is 1.15 bits per heavy atom. The molecule has 3 N–H and O–H groups in total. The third-order valence-corrected chi connectivity index (χ3v) is 12.4. The summed E-state index contributed by atoms with van der Waals surface area (Å²) in [5.41, 5.74) is 8.79. The predicted molar refractivity (Wildman–Crippen MR) is 162 cm³/mol. The Kier molecular flexibility index (Phi) is 8.81. The van der Waals surface area contributed by atoms with Crippen molar-refractivity contribution in [2.24, 2.45) is 12.8 Å². The molecule has 0 spiro atoms. The van der Waals surface area contributed by atoms with Crippen molar-refractivity contribution in [2.75, 3.05) is 31.6 Å². The van der Waals surface area contributed by atoms with Crippen LogP contribution in [0.2, 0.25) is 18.1 Å². The van der Waals surface area contributed by atoms with Gasteiger partial charge in [0.2, 0.25) is 5.91 Å².